The Morgan fingerprint density at radius 2 is 1.83 bits per heavy atom. The molecule has 2 aromatic carbocycles. The van der Waals surface area contributed by atoms with E-state index in [9.17, 15) is 14.4 Å². The zero-order valence-electron chi connectivity index (χ0n) is 23.2. The number of aromatic nitrogens is 3. The first-order valence-electron chi connectivity index (χ1n) is 13.8. The molecule has 0 aliphatic carbocycles. The van der Waals surface area contributed by atoms with Crippen LogP contribution in [0.15, 0.2) is 42.6 Å². The highest BCUT2D eigenvalue weighted by Gasteiger charge is 2.26. The Morgan fingerprint density at radius 3 is 2.71 bits per heavy atom. The van der Waals surface area contributed by atoms with Gasteiger partial charge in [-0.3, -0.25) is 19.1 Å². The number of hydrogen-bond acceptors (Lipinski definition) is 8. The molecule has 0 saturated heterocycles. The molecule has 5 rings (SSSR count). The molecule has 0 radical (unpaired) electrons. The van der Waals surface area contributed by atoms with E-state index in [-0.39, 0.29) is 18.4 Å². The molecule has 2 aliphatic rings. The lowest BCUT2D eigenvalue weighted by molar-refractivity contribution is -0.122. The third kappa shape index (κ3) is 6.76. The summed E-state index contributed by atoms with van der Waals surface area (Å²) in [7, 11) is 0. The number of amides is 3. The molecule has 0 saturated carbocycles. The fraction of sp³-hybridized carbons (Fsp3) is 0.414. The van der Waals surface area contributed by atoms with E-state index in [1.165, 1.54) is 0 Å². The lowest BCUT2D eigenvalue weighted by Crippen LogP contribution is -2.45. The molecule has 12 heteroatoms. The maximum atomic E-state index is 13.7. The number of rotatable bonds is 1. The number of aryl methyl sites for hydroxylation is 2. The van der Waals surface area contributed by atoms with Gasteiger partial charge in [-0.1, -0.05) is 17.3 Å². The van der Waals surface area contributed by atoms with Crippen molar-refractivity contribution in [2.75, 3.05) is 32.9 Å². The summed E-state index contributed by atoms with van der Waals surface area (Å²) >= 11 is 0. The monoisotopic (exact) mass is 562 g/mol. The van der Waals surface area contributed by atoms with E-state index < -0.39 is 11.9 Å². The first-order chi connectivity index (χ1) is 19.9. The minimum atomic E-state index is -0.765. The summed E-state index contributed by atoms with van der Waals surface area (Å²) in [4.78, 5) is 41.1. The number of ether oxygens (including phenoxy) is 3. The number of para-hydroxylation sites is 1. The van der Waals surface area contributed by atoms with Gasteiger partial charge in [-0.15, -0.1) is 5.10 Å². The molecule has 41 heavy (non-hydrogen) atoms. The third-order valence-corrected chi connectivity index (χ3v) is 6.84. The molecule has 3 aromatic rings. The van der Waals surface area contributed by atoms with Gasteiger partial charge in [0.15, 0.2) is 11.5 Å². The largest absolute Gasteiger partial charge is 0.493 e. The number of benzene rings is 2. The second kappa shape index (κ2) is 12.7. The number of fused-ring (bicyclic) bond motifs is 4. The first-order valence-corrected chi connectivity index (χ1v) is 13.8. The van der Waals surface area contributed by atoms with E-state index in [4.69, 9.17) is 14.2 Å². The molecule has 3 heterocycles. The van der Waals surface area contributed by atoms with E-state index >= 15 is 0 Å². The van der Waals surface area contributed by atoms with Crippen LogP contribution < -0.4 is 24.8 Å². The molecule has 2 N–H and O–H groups in total. The lowest BCUT2D eigenvalue weighted by atomic mass is 10.1. The van der Waals surface area contributed by atoms with E-state index in [0.29, 0.717) is 86.4 Å². The second-order valence-electron chi connectivity index (χ2n) is 10.1. The summed E-state index contributed by atoms with van der Waals surface area (Å²) in [6.07, 6.45) is 2.91. The summed E-state index contributed by atoms with van der Waals surface area (Å²) in [5.74, 6) is 0.468. The Balaban J connectivity index is 1.35. The molecular formula is C29H34N6O6. The molecule has 1 aromatic heterocycles. The summed E-state index contributed by atoms with van der Waals surface area (Å²) in [5.41, 5.74) is 2.35. The highest BCUT2D eigenvalue weighted by molar-refractivity contribution is 6.00. The van der Waals surface area contributed by atoms with Crippen LogP contribution in [0.3, 0.4) is 0 Å². The van der Waals surface area contributed by atoms with Gasteiger partial charge in [-0.05, 0) is 50.1 Å². The van der Waals surface area contributed by atoms with E-state index in [1.54, 1.807) is 40.8 Å². The fourth-order valence-electron chi connectivity index (χ4n) is 4.70. The van der Waals surface area contributed by atoms with Gasteiger partial charge < -0.3 is 29.7 Å². The quantitative estimate of drug-likeness (QED) is 0.460. The van der Waals surface area contributed by atoms with Gasteiger partial charge in [0.05, 0.1) is 30.5 Å². The Kier molecular flexibility index (Phi) is 8.66. The molecule has 216 valence electrons. The van der Waals surface area contributed by atoms with Crippen LogP contribution in [0.25, 0.3) is 0 Å². The molecular weight excluding hydrogens is 528 g/mol. The number of nitrogens with zero attached hydrogens (tertiary/aromatic N) is 4. The number of carbonyl (C=O) groups is 3. The lowest BCUT2D eigenvalue weighted by Gasteiger charge is -2.25. The molecule has 0 fully saturated rings. The fourth-order valence-corrected chi connectivity index (χ4v) is 4.70. The van der Waals surface area contributed by atoms with Crippen LogP contribution in [0.1, 0.15) is 51.7 Å². The maximum absolute atomic E-state index is 13.7. The van der Waals surface area contributed by atoms with Crippen molar-refractivity contribution in [3.8, 4) is 17.2 Å². The van der Waals surface area contributed by atoms with E-state index in [0.717, 1.165) is 5.56 Å². The zero-order chi connectivity index (χ0) is 28.8. The van der Waals surface area contributed by atoms with Crippen LogP contribution in [0, 0.1) is 6.92 Å². The maximum Gasteiger partial charge on any atom is 0.258 e. The predicted molar refractivity (Wildman–Crippen MR) is 148 cm³/mol. The zero-order valence-corrected chi connectivity index (χ0v) is 23.2. The third-order valence-electron chi connectivity index (χ3n) is 6.84. The van der Waals surface area contributed by atoms with Gasteiger partial charge in [0.2, 0.25) is 5.91 Å². The average molecular weight is 563 g/mol. The summed E-state index contributed by atoms with van der Waals surface area (Å²) < 4.78 is 19.1. The normalized spacial score (nSPS) is 18.5. The van der Waals surface area contributed by atoms with Gasteiger partial charge >= 0.3 is 0 Å². The summed E-state index contributed by atoms with van der Waals surface area (Å²) in [6, 6.07) is 9.82. The number of nitrogens with one attached hydrogen (secondary N) is 2. The van der Waals surface area contributed by atoms with Crippen molar-refractivity contribution in [2.24, 2.45) is 0 Å². The van der Waals surface area contributed by atoms with Crippen molar-refractivity contribution in [2.45, 2.75) is 45.8 Å². The van der Waals surface area contributed by atoms with Gasteiger partial charge in [-0.25, -0.2) is 0 Å². The van der Waals surface area contributed by atoms with Crippen LogP contribution in [0.5, 0.6) is 17.2 Å². The molecule has 2 bridgehead atoms. The van der Waals surface area contributed by atoms with Crippen molar-refractivity contribution < 1.29 is 28.6 Å². The van der Waals surface area contributed by atoms with Crippen LogP contribution in [-0.4, -0.2) is 76.6 Å². The van der Waals surface area contributed by atoms with Crippen molar-refractivity contribution in [1.82, 2.24) is 30.5 Å². The van der Waals surface area contributed by atoms with Gasteiger partial charge in [-0.2, -0.15) is 0 Å². The van der Waals surface area contributed by atoms with Crippen LogP contribution in [0.2, 0.25) is 0 Å². The minimum absolute atomic E-state index is 0.229. The molecule has 3 amide bonds. The standard InChI is InChI=1S/C29H34N6O6/c1-19-8-9-22-25(16-19)39-13-5-12-35-18-21(32-33-35)17-34(11-4-10-30-27(36)20(2)31-28(22)37)29(38)23-6-3-7-24-26(23)41-15-14-40-24/h3,6-9,16,18,20H,4-5,10-15,17H2,1-2H3,(H,30,36)(H,31,37)/t20-/m1/s1. The van der Waals surface area contributed by atoms with E-state index in [2.05, 4.69) is 20.9 Å². The molecule has 0 spiro atoms. The number of hydrogen-bond donors (Lipinski definition) is 2. The van der Waals surface area contributed by atoms with Crippen molar-refractivity contribution in [3.05, 3.63) is 65.0 Å². The van der Waals surface area contributed by atoms with Gasteiger partial charge in [0.1, 0.15) is 30.7 Å². The highest BCUT2D eigenvalue weighted by atomic mass is 16.6. The van der Waals surface area contributed by atoms with Crippen molar-refractivity contribution >= 4 is 17.7 Å². The number of carbonyl (C=O) groups excluding carboxylic acids is 3. The van der Waals surface area contributed by atoms with Crippen molar-refractivity contribution in [1.29, 1.82) is 0 Å². The van der Waals surface area contributed by atoms with Crippen LogP contribution in [0.4, 0.5) is 0 Å². The molecule has 2 aliphatic heterocycles. The van der Waals surface area contributed by atoms with E-state index in [1.807, 2.05) is 25.3 Å². The Labute approximate surface area is 237 Å². The van der Waals surface area contributed by atoms with Gasteiger partial charge in [0.25, 0.3) is 11.8 Å². The second-order valence-corrected chi connectivity index (χ2v) is 10.1. The average Bonchev–Trinajstić information content (AvgIpc) is 3.42. The highest BCUT2D eigenvalue weighted by Crippen LogP contribution is 2.34. The topological polar surface area (TPSA) is 137 Å². The van der Waals surface area contributed by atoms with Crippen molar-refractivity contribution in [3.63, 3.8) is 0 Å². The molecule has 12 nitrogen and oxygen atoms in total. The van der Waals surface area contributed by atoms with Crippen LogP contribution in [-0.2, 0) is 17.9 Å². The molecule has 0 unspecified atom stereocenters. The summed E-state index contributed by atoms with van der Waals surface area (Å²) in [6.45, 7) is 6.11. The minimum Gasteiger partial charge on any atom is -0.493 e. The van der Waals surface area contributed by atoms with Gasteiger partial charge in [0, 0.05) is 26.1 Å². The Bertz CT molecular complexity index is 1420. The predicted octanol–water partition coefficient (Wildman–Crippen LogP) is 2.11. The first kappa shape index (κ1) is 27.9. The smallest absolute Gasteiger partial charge is 0.258 e. The molecule has 1 atom stereocenters. The Morgan fingerprint density at radius 1 is 1.00 bits per heavy atom. The Hall–Kier alpha value is -4.61. The SMILES string of the molecule is Cc1ccc2c(c1)OCCCn1cc(nn1)CN(C(=O)c1cccc3c1OCCO3)CCCNC(=O)[C@@H](C)NC2=O. The van der Waals surface area contributed by atoms with Crippen LogP contribution >= 0.6 is 0 Å². The summed E-state index contributed by atoms with van der Waals surface area (Å²) in [5, 5.41) is 14.1.